The standard InChI is InChI=1S/C26H25N5OS/c1-2-12-23(20-13-6-3-7-14-20)27-28-24(32)19-33-26-30-29-25(21-15-8-4-9-16-21)31(26)22-17-10-5-11-18-22/h3-11,13-18H,2,12,19H2,1H3,(H,28,32)/b27-23+. The van der Waals surface area contributed by atoms with E-state index in [2.05, 4.69) is 27.6 Å². The lowest BCUT2D eigenvalue weighted by Crippen LogP contribution is -2.22. The van der Waals surface area contributed by atoms with Gasteiger partial charge in [-0.1, -0.05) is 104 Å². The van der Waals surface area contributed by atoms with Crippen LogP contribution < -0.4 is 5.43 Å². The number of hydrogen-bond donors (Lipinski definition) is 1. The van der Waals surface area contributed by atoms with Gasteiger partial charge in [-0.2, -0.15) is 5.10 Å². The molecular formula is C26H25N5OS. The van der Waals surface area contributed by atoms with Gasteiger partial charge >= 0.3 is 0 Å². The number of benzene rings is 3. The Morgan fingerprint density at radius 1 is 0.909 bits per heavy atom. The third kappa shape index (κ3) is 5.75. The number of carbonyl (C=O) groups is 1. The fraction of sp³-hybridized carbons (Fsp3) is 0.154. The van der Waals surface area contributed by atoms with E-state index in [4.69, 9.17) is 0 Å². The van der Waals surface area contributed by atoms with Crippen molar-refractivity contribution in [2.24, 2.45) is 5.10 Å². The van der Waals surface area contributed by atoms with Crippen molar-refractivity contribution in [3.05, 3.63) is 96.6 Å². The highest BCUT2D eigenvalue weighted by molar-refractivity contribution is 7.99. The lowest BCUT2D eigenvalue weighted by Gasteiger charge is -2.10. The maximum absolute atomic E-state index is 12.6. The fourth-order valence-electron chi connectivity index (χ4n) is 3.37. The van der Waals surface area contributed by atoms with Gasteiger partial charge in [0.25, 0.3) is 5.91 Å². The fourth-order valence-corrected chi connectivity index (χ4v) is 4.12. The van der Waals surface area contributed by atoms with Crippen molar-refractivity contribution in [3.8, 4) is 17.1 Å². The van der Waals surface area contributed by atoms with E-state index in [0.717, 1.165) is 41.2 Å². The molecule has 0 unspecified atom stereocenters. The molecule has 6 nitrogen and oxygen atoms in total. The van der Waals surface area contributed by atoms with E-state index in [1.165, 1.54) is 11.8 Å². The highest BCUT2D eigenvalue weighted by Crippen LogP contribution is 2.27. The van der Waals surface area contributed by atoms with Gasteiger partial charge in [0.1, 0.15) is 0 Å². The Morgan fingerprint density at radius 2 is 1.55 bits per heavy atom. The van der Waals surface area contributed by atoms with Crippen molar-refractivity contribution < 1.29 is 4.79 Å². The van der Waals surface area contributed by atoms with Crippen LogP contribution in [-0.4, -0.2) is 32.1 Å². The number of rotatable bonds is 9. The summed E-state index contributed by atoms with van der Waals surface area (Å²) in [7, 11) is 0. The number of para-hydroxylation sites is 1. The predicted molar refractivity (Wildman–Crippen MR) is 134 cm³/mol. The Morgan fingerprint density at radius 3 is 2.21 bits per heavy atom. The zero-order valence-corrected chi connectivity index (χ0v) is 19.2. The third-order valence-corrected chi connectivity index (χ3v) is 5.85. The van der Waals surface area contributed by atoms with Crippen molar-refractivity contribution in [2.45, 2.75) is 24.9 Å². The number of nitrogens with zero attached hydrogens (tertiary/aromatic N) is 4. The summed E-state index contributed by atoms with van der Waals surface area (Å²) in [5.74, 6) is 0.725. The van der Waals surface area contributed by atoms with E-state index >= 15 is 0 Å². The molecule has 0 radical (unpaired) electrons. The second kappa shape index (κ2) is 11.2. The van der Waals surface area contributed by atoms with Crippen molar-refractivity contribution in [2.75, 3.05) is 5.75 Å². The van der Waals surface area contributed by atoms with Gasteiger partial charge in [-0.05, 0) is 24.1 Å². The molecule has 0 saturated carbocycles. The van der Waals surface area contributed by atoms with Crippen LogP contribution in [0.3, 0.4) is 0 Å². The van der Waals surface area contributed by atoms with E-state index in [9.17, 15) is 4.79 Å². The van der Waals surface area contributed by atoms with Gasteiger partial charge in [-0.25, -0.2) is 5.43 Å². The average molecular weight is 456 g/mol. The monoisotopic (exact) mass is 455 g/mol. The van der Waals surface area contributed by atoms with Gasteiger partial charge in [-0.3, -0.25) is 9.36 Å². The Hall–Kier alpha value is -3.71. The van der Waals surface area contributed by atoms with E-state index in [1.54, 1.807) is 0 Å². The SMILES string of the molecule is CCC/C(=N\NC(=O)CSc1nnc(-c2ccccc2)n1-c1ccccc1)c1ccccc1. The van der Waals surface area contributed by atoms with Crippen LogP contribution >= 0.6 is 11.8 Å². The number of amides is 1. The summed E-state index contributed by atoms with van der Waals surface area (Å²) >= 11 is 1.33. The molecule has 0 saturated heterocycles. The van der Waals surface area contributed by atoms with Crippen LogP contribution in [0.2, 0.25) is 0 Å². The Labute approximate surface area is 197 Å². The minimum absolute atomic E-state index is 0.178. The molecular weight excluding hydrogens is 430 g/mol. The quantitative estimate of drug-likeness (QED) is 0.210. The van der Waals surface area contributed by atoms with Gasteiger partial charge < -0.3 is 0 Å². The molecule has 0 spiro atoms. The summed E-state index contributed by atoms with van der Waals surface area (Å²) < 4.78 is 1.98. The Kier molecular flexibility index (Phi) is 7.66. The van der Waals surface area contributed by atoms with Crippen LogP contribution in [0.1, 0.15) is 25.3 Å². The molecule has 1 amide bonds. The molecule has 33 heavy (non-hydrogen) atoms. The average Bonchev–Trinajstić information content (AvgIpc) is 3.31. The summed E-state index contributed by atoms with van der Waals surface area (Å²) in [5, 5.41) is 13.8. The number of hydrazone groups is 1. The third-order valence-electron chi connectivity index (χ3n) is 4.92. The normalized spacial score (nSPS) is 11.4. The zero-order chi connectivity index (χ0) is 22.9. The molecule has 1 N–H and O–H groups in total. The first-order valence-corrected chi connectivity index (χ1v) is 11.8. The van der Waals surface area contributed by atoms with Crippen LogP contribution in [0, 0.1) is 0 Å². The number of aromatic nitrogens is 3. The van der Waals surface area contributed by atoms with Gasteiger partial charge in [0.2, 0.25) is 0 Å². The molecule has 4 rings (SSSR count). The molecule has 0 aliphatic carbocycles. The molecule has 0 fully saturated rings. The van der Waals surface area contributed by atoms with Crippen LogP contribution in [-0.2, 0) is 4.79 Å². The summed E-state index contributed by atoms with van der Waals surface area (Å²) in [4.78, 5) is 12.6. The molecule has 1 aromatic heterocycles. The zero-order valence-electron chi connectivity index (χ0n) is 18.4. The lowest BCUT2D eigenvalue weighted by atomic mass is 10.1. The molecule has 0 aliphatic heterocycles. The number of nitrogens with one attached hydrogen (secondary N) is 1. The van der Waals surface area contributed by atoms with Crippen molar-refractivity contribution in [1.82, 2.24) is 20.2 Å². The maximum Gasteiger partial charge on any atom is 0.250 e. The molecule has 0 aliphatic rings. The molecule has 7 heteroatoms. The highest BCUT2D eigenvalue weighted by atomic mass is 32.2. The number of carbonyl (C=O) groups excluding carboxylic acids is 1. The number of hydrogen-bond acceptors (Lipinski definition) is 5. The van der Waals surface area contributed by atoms with E-state index in [-0.39, 0.29) is 11.7 Å². The van der Waals surface area contributed by atoms with Crippen molar-refractivity contribution in [3.63, 3.8) is 0 Å². The first-order chi connectivity index (χ1) is 16.3. The first-order valence-electron chi connectivity index (χ1n) is 10.9. The van der Waals surface area contributed by atoms with Crippen LogP contribution in [0.5, 0.6) is 0 Å². The van der Waals surface area contributed by atoms with Crippen molar-refractivity contribution in [1.29, 1.82) is 0 Å². The van der Waals surface area contributed by atoms with Crippen molar-refractivity contribution >= 4 is 23.4 Å². The highest BCUT2D eigenvalue weighted by Gasteiger charge is 2.17. The predicted octanol–water partition coefficient (Wildman–Crippen LogP) is 5.35. The molecule has 166 valence electrons. The molecule has 4 aromatic rings. The largest absolute Gasteiger partial charge is 0.272 e. The lowest BCUT2D eigenvalue weighted by molar-refractivity contribution is -0.118. The summed E-state index contributed by atoms with van der Waals surface area (Å²) in [6.45, 7) is 2.09. The topological polar surface area (TPSA) is 72.2 Å². The maximum atomic E-state index is 12.6. The van der Waals surface area contributed by atoms with Crippen LogP contribution in [0.15, 0.2) is 101 Å². The van der Waals surface area contributed by atoms with Crippen LogP contribution in [0.25, 0.3) is 17.1 Å². The molecule has 0 atom stereocenters. The molecule has 3 aromatic carbocycles. The van der Waals surface area contributed by atoms with Gasteiger partial charge in [0.15, 0.2) is 11.0 Å². The van der Waals surface area contributed by atoms with Gasteiger partial charge in [-0.15, -0.1) is 10.2 Å². The minimum Gasteiger partial charge on any atom is -0.272 e. The molecule has 0 bridgehead atoms. The summed E-state index contributed by atoms with van der Waals surface area (Å²) in [6, 6.07) is 29.7. The number of thioether (sulfide) groups is 1. The van der Waals surface area contributed by atoms with Gasteiger partial charge in [0, 0.05) is 11.3 Å². The van der Waals surface area contributed by atoms with E-state index < -0.39 is 0 Å². The Bertz CT molecular complexity index is 1210. The van der Waals surface area contributed by atoms with E-state index in [1.807, 2.05) is 95.6 Å². The second-order valence-corrected chi connectivity index (χ2v) is 8.28. The molecule has 1 heterocycles. The minimum atomic E-state index is -0.187. The summed E-state index contributed by atoms with van der Waals surface area (Å²) in [6.07, 6.45) is 1.74. The second-order valence-electron chi connectivity index (χ2n) is 7.34. The Balaban J connectivity index is 1.51. The smallest absolute Gasteiger partial charge is 0.250 e. The van der Waals surface area contributed by atoms with Crippen LogP contribution in [0.4, 0.5) is 0 Å². The van der Waals surface area contributed by atoms with E-state index in [0.29, 0.717) is 5.16 Å². The van der Waals surface area contributed by atoms with Gasteiger partial charge in [0.05, 0.1) is 11.5 Å². The first kappa shape index (κ1) is 22.5. The summed E-state index contributed by atoms with van der Waals surface area (Å²) in [5.41, 5.74) is 6.49.